The van der Waals surface area contributed by atoms with E-state index in [1.807, 2.05) is 18.2 Å². The molecule has 0 saturated carbocycles. The van der Waals surface area contributed by atoms with Gasteiger partial charge in [0.1, 0.15) is 0 Å². The molecule has 2 aromatic rings. The Labute approximate surface area is 124 Å². The summed E-state index contributed by atoms with van der Waals surface area (Å²) in [5.74, 6) is 0. The highest BCUT2D eigenvalue weighted by molar-refractivity contribution is 9.10. The third-order valence-corrected chi connectivity index (χ3v) is 4.29. The maximum Gasteiger partial charge on any atom is 0.0347 e. The first-order chi connectivity index (χ1) is 8.99. The molecule has 1 nitrogen and oxygen atoms in total. The molecule has 2 N–H and O–H groups in total. The Balaban J connectivity index is 2.29. The van der Waals surface area contributed by atoms with E-state index in [1.54, 1.807) is 0 Å². The van der Waals surface area contributed by atoms with Crippen molar-refractivity contribution in [1.82, 2.24) is 0 Å². The molecule has 0 aliphatic carbocycles. The summed E-state index contributed by atoms with van der Waals surface area (Å²) in [5.41, 5.74) is 12.9. The quantitative estimate of drug-likeness (QED) is 0.878. The number of hydrogen-bond acceptors (Lipinski definition) is 1. The minimum Gasteiger partial charge on any atom is -0.324 e. The van der Waals surface area contributed by atoms with Crippen LogP contribution in [0.5, 0.6) is 0 Å². The summed E-state index contributed by atoms with van der Waals surface area (Å²) in [6.45, 7) is 6.47. The number of hydrogen-bond donors (Lipinski definition) is 1. The van der Waals surface area contributed by atoms with Crippen molar-refractivity contribution in [3.8, 4) is 0 Å². The Morgan fingerprint density at radius 1 is 1.05 bits per heavy atom. The lowest BCUT2D eigenvalue weighted by atomic mass is 9.92. The van der Waals surface area contributed by atoms with Crippen molar-refractivity contribution in [2.75, 3.05) is 0 Å². The zero-order chi connectivity index (χ0) is 14.0. The molecule has 2 rings (SSSR count). The van der Waals surface area contributed by atoms with Gasteiger partial charge in [-0.3, -0.25) is 0 Å². The predicted octanol–water partition coefficient (Wildman–Crippen LogP) is 4.62. The fraction of sp³-hybridized carbons (Fsp3) is 0.294. The van der Waals surface area contributed by atoms with Crippen LogP contribution in [-0.2, 0) is 6.42 Å². The summed E-state index contributed by atoms with van der Waals surface area (Å²) < 4.78 is 1.09. The first kappa shape index (κ1) is 14.3. The molecule has 0 bridgehead atoms. The van der Waals surface area contributed by atoms with Gasteiger partial charge in [0.25, 0.3) is 0 Å². The van der Waals surface area contributed by atoms with Crippen LogP contribution < -0.4 is 5.73 Å². The van der Waals surface area contributed by atoms with Gasteiger partial charge in [0, 0.05) is 10.5 Å². The van der Waals surface area contributed by atoms with E-state index in [9.17, 15) is 0 Å². The van der Waals surface area contributed by atoms with Gasteiger partial charge in [-0.15, -0.1) is 0 Å². The molecule has 19 heavy (non-hydrogen) atoms. The summed E-state index contributed by atoms with van der Waals surface area (Å²) in [6, 6.07) is 12.7. The molecular formula is C17H20BrN. The zero-order valence-electron chi connectivity index (χ0n) is 11.7. The molecule has 1 atom stereocenters. The molecule has 0 amide bonds. The molecule has 1 unspecified atom stereocenters. The van der Waals surface area contributed by atoms with Gasteiger partial charge in [-0.25, -0.2) is 0 Å². The molecule has 2 heteroatoms. The Bertz CT molecular complexity index is 567. The summed E-state index contributed by atoms with van der Waals surface area (Å²) >= 11 is 3.58. The van der Waals surface area contributed by atoms with Crippen LogP contribution in [0.2, 0.25) is 0 Å². The van der Waals surface area contributed by atoms with Crippen molar-refractivity contribution < 1.29 is 0 Å². The average molecular weight is 318 g/mol. The minimum atomic E-state index is 0.0238. The average Bonchev–Trinajstić information content (AvgIpc) is 2.34. The maximum atomic E-state index is 6.37. The largest absolute Gasteiger partial charge is 0.324 e. The number of rotatable bonds is 3. The molecule has 0 heterocycles. The second-order valence-electron chi connectivity index (χ2n) is 5.21. The van der Waals surface area contributed by atoms with Gasteiger partial charge in [0.05, 0.1) is 0 Å². The lowest BCUT2D eigenvalue weighted by Crippen LogP contribution is -2.15. The predicted molar refractivity (Wildman–Crippen MR) is 85.4 cm³/mol. The van der Waals surface area contributed by atoms with Gasteiger partial charge in [0.15, 0.2) is 0 Å². The zero-order valence-corrected chi connectivity index (χ0v) is 13.3. The summed E-state index contributed by atoms with van der Waals surface area (Å²) in [5, 5.41) is 0. The van der Waals surface area contributed by atoms with Crippen LogP contribution in [0.3, 0.4) is 0 Å². The highest BCUT2D eigenvalue weighted by Crippen LogP contribution is 2.27. The van der Waals surface area contributed by atoms with E-state index in [-0.39, 0.29) is 6.04 Å². The molecule has 0 aliphatic rings. The summed E-state index contributed by atoms with van der Waals surface area (Å²) in [4.78, 5) is 0. The Morgan fingerprint density at radius 3 is 2.21 bits per heavy atom. The molecule has 2 aromatic carbocycles. The molecule has 0 spiro atoms. The van der Waals surface area contributed by atoms with Gasteiger partial charge in [-0.05, 0) is 55.5 Å². The third-order valence-electron chi connectivity index (χ3n) is 3.57. The van der Waals surface area contributed by atoms with Gasteiger partial charge in [-0.1, -0.05) is 51.8 Å². The van der Waals surface area contributed by atoms with E-state index >= 15 is 0 Å². The van der Waals surface area contributed by atoms with E-state index in [2.05, 4.69) is 54.9 Å². The topological polar surface area (TPSA) is 26.0 Å². The first-order valence-electron chi connectivity index (χ1n) is 6.55. The summed E-state index contributed by atoms with van der Waals surface area (Å²) in [7, 11) is 0. The van der Waals surface area contributed by atoms with E-state index in [1.165, 1.54) is 27.8 Å². The maximum absolute atomic E-state index is 6.37. The molecule has 0 aliphatic heterocycles. The molecule has 100 valence electrons. The molecule has 0 fully saturated rings. The van der Waals surface area contributed by atoms with Crippen molar-refractivity contribution in [1.29, 1.82) is 0 Å². The van der Waals surface area contributed by atoms with Crippen molar-refractivity contribution in [3.63, 3.8) is 0 Å². The van der Waals surface area contributed by atoms with Crippen LogP contribution in [0.25, 0.3) is 0 Å². The highest BCUT2D eigenvalue weighted by atomic mass is 79.9. The minimum absolute atomic E-state index is 0.0238. The van der Waals surface area contributed by atoms with E-state index in [4.69, 9.17) is 5.73 Å². The van der Waals surface area contributed by atoms with Gasteiger partial charge >= 0.3 is 0 Å². The van der Waals surface area contributed by atoms with E-state index in [0.29, 0.717) is 0 Å². The fourth-order valence-electron chi connectivity index (χ4n) is 2.64. The highest BCUT2D eigenvalue weighted by Gasteiger charge is 2.13. The Kier molecular flexibility index (Phi) is 4.43. The van der Waals surface area contributed by atoms with Crippen molar-refractivity contribution in [2.24, 2.45) is 5.73 Å². The van der Waals surface area contributed by atoms with E-state index < -0.39 is 0 Å². The molecule has 0 radical (unpaired) electrons. The molecule has 0 aromatic heterocycles. The second kappa shape index (κ2) is 5.89. The second-order valence-corrected chi connectivity index (χ2v) is 6.06. The van der Waals surface area contributed by atoms with Crippen molar-refractivity contribution in [2.45, 2.75) is 33.2 Å². The Morgan fingerprint density at radius 2 is 1.63 bits per heavy atom. The van der Waals surface area contributed by atoms with Crippen LogP contribution in [0, 0.1) is 20.8 Å². The third kappa shape index (κ3) is 3.26. The molecule has 0 saturated heterocycles. The number of nitrogens with two attached hydrogens (primary N) is 1. The monoisotopic (exact) mass is 317 g/mol. The first-order valence-corrected chi connectivity index (χ1v) is 7.35. The van der Waals surface area contributed by atoms with Crippen LogP contribution in [0.4, 0.5) is 0 Å². The SMILES string of the molecule is Cc1cc(C)c(CC(N)c2ccccc2Br)c(C)c1. The summed E-state index contributed by atoms with van der Waals surface area (Å²) in [6.07, 6.45) is 0.876. The van der Waals surface area contributed by atoms with Gasteiger partial charge in [0.2, 0.25) is 0 Å². The molecular weight excluding hydrogens is 298 g/mol. The normalized spacial score (nSPS) is 12.5. The van der Waals surface area contributed by atoms with Crippen LogP contribution in [-0.4, -0.2) is 0 Å². The van der Waals surface area contributed by atoms with Crippen LogP contribution >= 0.6 is 15.9 Å². The van der Waals surface area contributed by atoms with Crippen molar-refractivity contribution >= 4 is 15.9 Å². The van der Waals surface area contributed by atoms with Crippen LogP contribution in [0.15, 0.2) is 40.9 Å². The Hall–Kier alpha value is -1.12. The smallest absolute Gasteiger partial charge is 0.0347 e. The standard InChI is InChI=1S/C17H20BrN/c1-11-8-12(2)15(13(3)9-11)10-17(19)14-6-4-5-7-16(14)18/h4-9,17H,10,19H2,1-3H3. The van der Waals surface area contributed by atoms with Gasteiger partial charge in [-0.2, -0.15) is 0 Å². The van der Waals surface area contributed by atoms with Crippen molar-refractivity contribution in [3.05, 3.63) is 68.7 Å². The number of aryl methyl sites for hydroxylation is 3. The van der Waals surface area contributed by atoms with Gasteiger partial charge < -0.3 is 5.73 Å². The van der Waals surface area contributed by atoms with E-state index in [0.717, 1.165) is 10.9 Å². The van der Waals surface area contributed by atoms with Crippen LogP contribution in [0.1, 0.15) is 33.9 Å². The lowest BCUT2D eigenvalue weighted by molar-refractivity contribution is 0.712. The number of halogens is 1. The lowest BCUT2D eigenvalue weighted by Gasteiger charge is -2.18. The fourth-order valence-corrected chi connectivity index (χ4v) is 3.22. The number of benzene rings is 2.